The molecule has 8 heteroatoms. The van der Waals surface area contributed by atoms with E-state index in [0.717, 1.165) is 29.8 Å². The average Bonchev–Trinajstić information content (AvgIpc) is 3.43. The van der Waals surface area contributed by atoms with Crippen molar-refractivity contribution >= 4 is 16.7 Å². The fourth-order valence-electron chi connectivity index (χ4n) is 4.58. The topological polar surface area (TPSA) is 83.8 Å². The average molecular weight is 444 g/mol. The third kappa shape index (κ3) is 3.51. The van der Waals surface area contributed by atoms with Crippen molar-refractivity contribution in [2.75, 3.05) is 18.0 Å². The van der Waals surface area contributed by atoms with E-state index < -0.39 is 5.82 Å². The van der Waals surface area contributed by atoms with Gasteiger partial charge in [0.2, 0.25) is 0 Å². The van der Waals surface area contributed by atoms with E-state index in [1.807, 2.05) is 23.6 Å². The van der Waals surface area contributed by atoms with Crippen LogP contribution in [0.2, 0.25) is 0 Å². The lowest BCUT2D eigenvalue weighted by Gasteiger charge is -2.25. The molecule has 1 aliphatic rings. The maximum atomic E-state index is 14.6. The molecule has 166 valence electrons. The van der Waals surface area contributed by atoms with Crippen molar-refractivity contribution in [3.63, 3.8) is 0 Å². The second-order valence-electron chi connectivity index (χ2n) is 8.17. The summed E-state index contributed by atoms with van der Waals surface area (Å²) in [6.07, 6.45) is 4.26. The quantitative estimate of drug-likeness (QED) is 0.502. The van der Waals surface area contributed by atoms with Gasteiger partial charge in [0, 0.05) is 43.6 Å². The number of fused-ring (bicyclic) bond motifs is 1. The molecule has 3 heterocycles. The zero-order chi connectivity index (χ0) is 23.1. The molecule has 0 bridgehead atoms. The number of anilines is 1. The van der Waals surface area contributed by atoms with Gasteiger partial charge in [-0.15, -0.1) is 0 Å². The van der Waals surface area contributed by atoms with E-state index in [0.29, 0.717) is 35.5 Å². The second kappa shape index (κ2) is 8.26. The summed E-state index contributed by atoms with van der Waals surface area (Å²) in [6.45, 7) is 3.94. The standard InChI is InChI=1S/C25H22F2N6/c1-2-33-22-5-3-4-21(27)23(22)31-25(33)19-13-30-12-18(24(19)32-9-8-17(29)14-32)15-6-7-20(26)16(10-15)11-28/h3-7,10,12-13,17H,2,8-9,14,29H2,1H3/t17-/m0/s1. The van der Waals surface area contributed by atoms with Crippen molar-refractivity contribution in [1.29, 1.82) is 5.26 Å². The Balaban J connectivity index is 1.79. The highest BCUT2D eigenvalue weighted by Crippen LogP contribution is 2.41. The van der Waals surface area contributed by atoms with E-state index >= 15 is 0 Å². The van der Waals surface area contributed by atoms with Crippen LogP contribution in [-0.2, 0) is 6.54 Å². The van der Waals surface area contributed by atoms with Gasteiger partial charge in [0.15, 0.2) is 5.82 Å². The van der Waals surface area contributed by atoms with E-state index in [1.165, 1.54) is 18.2 Å². The molecule has 5 rings (SSSR count). The van der Waals surface area contributed by atoms with Crippen LogP contribution in [0.4, 0.5) is 14.5 Å². The number of aromatic nitrogens is 3. The lowest BCUT2D eigenvalue weighted by molar-refractivity contribution is 0.624. The predicted octanol–water partition coefficient (Wildman–Crippen LogP) is 4.47. The second-order valence-corrected chi connectivity index (χ2v) is 8.17. The maximum Gasteiger partial charge on any atom is 0.151 e. The monoisotopic (exact) mass is 444 g/mol. The van der Waals surface area contributed by atoms with Crippen molar-refractivity contribution < 1.29 is 8.78 Å². The molecule has 0 radical (unpaired) electrons. The first-order valence-electron chi connectivity index (χ1n) is 10.9. The van der Waals surface area contributed by atoms with Gasteiger partial charge < -0.3 is 15.2 Å². The summed E-state index contributed by atoms with van der Waals surface area (Å²) in [5, 5.41) is 9.33. The molecule has 0 spiro atoms. The van der Waals surface area contributed by atoms with Crippen LogP contribution in [0, 0.1) is 23.0 Å². The molecule has 2 aromatic heterocycles. The minimum Gasteiger partial charge on any atom is -0.369 e. The Morgan fingerprint density at radius 2 is 1.97 bits per heavy atom. The highest BCUT2D eigenvalue weighted by molar-refractivity contribution is 5.92. The first-order chi connectivity index (χ1) is 16.0. The van der Waals surface area contributed by atoms with Gasteiger partial charge in [-0.2, -0.15) is 5.26 Å². The van der Waals surface area contributed by atoms with E-state index in [9.17, 15) is 14.0 Å². The number of aryl methyl sites for hydroxylation is 1. The number of benzene rings is 2. The number of para-hydroxylation sites is 1. The number of nitrogens with two attached hydrogens (primary N) is 1. The summed E-state index contributed by atoms with van der Waals surface area (Å²) >= 11 is 0. The highest BCUT2D eigenvalue weighted by atomic mass is 19.1. The molecule has 0 aliphatic carbocycles. The van der Waals surface area contributed by atoms with Crippen LogP contribution in [0.5, 0.6) is 0 Å². The zero-order valence-corrected chi connectivity index (χ0v) is 18.1. The van der Waals surface area contributed by atoms with Crippen molar-refractivity contribution in [2.24, 2.45) is 5.73 Å². The number of hydrogen-bond donors (Lipinski definition) is 1. The largest absolute Gasteiger partial charge is 0.369 e. The number of nitrogens with zero attached hydrogens (tertiary/aromatic N) is 5. The minimum atomic E-state index is -0.571. The molecule has 33 heavy (non-hydrogen) atoms. The minimum absolute atomic E-state index is 0.0178. The maximum absolute atomic E-state index is 14.6. The van der Waals surface area contributed by atoms with Crippen LogP contribution in [0.25, 0.3) is 33.5 Å². The Morgan fingerprint density at radius 3 is 2.70 bits per heavy atom. The first kappa shape index (κ1) is 21.0. The number of halogens is 2. The SMILES string of the molecule is CCn1c(-c2cncc(-c3ccc(F)c(C#N)c3)c2N2CC[C@H](N)C2)nc2c(F)cccc21. The molecule has 1 saturated heterocycles. The molecule has 4 aromatic rings. The smallest absolute Gasteiger partial charge is 0.151 e. The first-order valence-corrected chi connectivity index (χ1v) is 10.9. The van der Waals surface area contributed by atoms with E-state index in [2.05, 4.69) is 14.9 Å². The summed E-state index contributed by atoms with van der Waals surface area (Å²) in [5.74, 6) is -0.351. The van der Waals surface area contributed by atoms with Crippen LogP contribution >= 0.6 is 0 Å². The van der Waals surface area contributed by atoms with Crippen molar-refractivity contribution in [3.05, 3.63) is 66.0 Å². The Bertz CT molecular complexity index is 1400. The summed E-state index contributed by atoms with van der Waals surface area (Å²) in [5.41, 5.74) is 10.2. The molecule has 2 N–H and O–H groups in total. The number of imidazole rings is 1. The molecule has 2 aromatic carbocycles. The number of nitriles is 1. The summed E-state index contributed by atoms with van der Waals surface area (Å²) in [7, 11) is 0. The van der Waals surface area contributed by atoms with Crippen LogP contribution in [0.15, 0.2) is 48.8 Å². The molecule has 1 fully saturated rings. The molecule has 1 atom stereocenters. The van der Waals surface area contributed by atoms with Gasteiger partial charge in [0.25, 0.3) is 0 Å². The molecule has 1 aliphatic heterocycles. The lowest BCUT2D eigenvalue weighted by atomic mass is 9.99. The fourth-order valence-corrected chi connectivity index (χ4v) is 4.58. The summed E-state index contributed by atoms with van der Waals surface area (Å²) < 4.78 is 30.6. The number of hydrogen-bond acceptors (Lipinski definition) is 5. The Hall–Kier alpha value is -3.83. The Morgan fingerprint density at radius 1 is 1.15 bits per heavy atom. The van der Waals surface area contributed by atoms with Crippen LogP contribution in [0.3, 0.4) is 0 Å². The van der Waals surface area contributed by atoms with Gasteiger partial charge in [0.1, 0.15) is 23.2 Å². The third-order valence-electron chi connectivity index (χ3n) is 6.14. The van der Waals surface area contributed by atoms with Crippen LogP contribution in [0.1, 0.15) is 18.9 Å². The Kier molecular flexibility index (Phi) is 5.27. The van der Waals surface area contributed by atoms with Crippen LogP contribution in [-0.4, -0.2) is 33.7 Å². The van der Waals surface area contributed by atoms with Crippen LogP contribution < -0.4 is 10.6 Å². The molecular weight excluding hydrogens is 422 g/mol. The van der Waals surface area contributed by atoms with E-state index in [1.54, 1.807) is 24.5 Å². The van der Waals surface area contributed by atoms with Gasteiger partial charge in [0.05, 0.1) is 22.3 Å². The van der Waals surface area contributed by atoms with E-state index in [-0.39, 0.29) is 17.4 Å². The third-order valence-corrected chi connectivity index (χ3v) is 6.14. The van der Waals surface area contributed by atoms with Gasteiger partial charge in [-0.25, -0.2) is 13.8 Å². The molecule has 0 saturated carbocycles. The summed E-state index contributed by atoms with van der Waals surface area (Å²) in [6, 6.07) is 11.3. The molecule has 6 nitrogen and oxygen atoms in total. The van der Waals surface area contributed by atoms with Gasteiger partial charge in [-0.3, -0.25) is 4.98 Å². The molecular formula is C25H22F2N6. The van der Waals surface area contributed by atoms with Crippen molar-refractivity contribution in [1.82, 2.24) is 14.5 Å². The lowest BCUT2D eigenvalue weighted by Crippen LogP contribution is -2.27. The van der Waals surface area contributed by atoms with Crippen molar-refractivity contribution in [2.45, 2.75) is 25.9 Å². The fraction of sp³-hybridized carbons (Fsp3) is 0.240. The number of pyridine rings is 1. The highest BCUT2D eigenvalue weighted by Gasteiger charge is 2.28. The van der Waals surface area contributed by atoms with E-state index in [4.69, 9.17) is 5.73 Å². The van der Waals surface area contributed by atoms with Gasteiger partial charge in [-0.1, -0.05) is 12.1 Å². The van der Waals surface area contributed by atoms with Crippen molar-refractivity contribution in [3.8, 4) is 28.6 Å². The zero-order valence-electron chi connectivity index (χ0n) is 18.1. The Labute approximate surface area is 189 Å². The predicted molar refractivity (Wildman–Crippen MR) is 124 cm³/mol. The molecule has 0 unspecified atom stereocenters. The van der Waals surface area contributed by atoms with Gasteiger partial charge in [-0.05, 0) is 43.2 Å². The van der Waals surface area contributed by atoms with Gasteiger partial charge >= 0.3 is 0 Å². The normalized spacial score (nSPS) is 15.8. The summed E-state index contributed by atoms with van der Waals surface area (Å²) in [4.78, 5) is 11.3. The molecule has 0 amide bonds. The number of rotatable bonds is 4.